The zero-order chi connectivity index (χ0) is 40.3. The fourth-order valence-corrected chi connectivity index (χ4v) is 13.5. The van der Waals surface area contributed by atoms with E-state index in [-0.39, 0.29) is 5.41 Å². The van der Waals surface area contributed by atoms with Gasteiger partial charge in [-0.3, -0.25) is 9.97 Å². The van der Waals surface area contributed by atoms with Crippen LogP contribution in [0.2, 0.25) is 0 Å². The molecule has 8 aromatic carbocycles. The van der Waals surface area contributed by atoms with Crippen LogP contribution in [-0.4, -0.2) is 19.1 Å². The fraction of sp³-hybridized carbons (Fsp3) is 0.138. The summed E-state index contributed by atoms with van der Waals surface area (Å²) in [4.78, 5) is 9.69. The molecule has 11 aromatic rings. The lowest BCUT2D eigenvalue weighted by molar-refractivity contribution is 0.0734. The van der Waals surface area contributed by atoms with Gasteiger partial charge in [0.1, 0.15) is 5.52 Å². The van der Waals surface area contributed by atoms with E-state index in [0.29, 0.717) is 11.8 Å². The quantitative estimate of drug-likeness (QED) is 0.132. The molecule has 2 atom stereocenters. The summed E-state index contributed by atoms with van der Waals surface area (Å²) in [6.07, 6.45) is 11.4. The second-order valence-corrected chi connectivity index (χ2v) is 18.5. The van der Waals surface area contributed by atoms with Crippen molar-refractivity contribution in [2.75, 3.05) is 0 Å². The molecule has 4 heteroatoms. The SMILES string of the molecule is C1=C2CC3CC1CC(C2)C31c2ccccc2-c2ccc(-n3c4ccccc4c4cc(-c5ccc6c(c5)c5ccccc5n6-c5c6ccccc6cc6nccnc56)ccc43)cc21. The first-order chi connectivity index (χ1) is 30.7. The molecular formula is C58H40N4. The summed E-state index contributed by atoms with van der Waals surface area (Å²) in [5, 5.41) is 7.32. The first kappa shape index (κ1) is 33.4. The first-order valence-corrected chi connectivity index (χ1v) is 22.3. The predicted octanol–water partition coefficient (Wildman–Crippen LogP) is 14.3. The minimum atomic E-state index is 0.0952. The van der Waals surface area contributed by atoms with E-state index in [1.807, 2.05) is 0 Å². The number of para-hydroxylation sites is 2. The number of hydrogen-bond acceptors (Lipinski definition) is 2. The molecule has 62 heavy (non-hydrogen) atoms. The van der Waals surface area contributed by atoms with Crippen molar-refractivity contribution in [3.63, 3.8) is 0 Å². The standard InChI is InChI=1S/C58H40N4/c1-2-10-42-38(9-1)32-51-56(60-24-23-59-51)57(42)62-53-16-8-5-13-46(53)48-31-37(18-22-55(48)62)36-17-21-54-47(30-36)45-12-4-7-15-52(45)61(54)41-19-20-44-43-11-3-6-14-49(43)58(50(44)33-41)39-26-34-25-35(28-39)29-40(58)27-34/h1-25,30-34,39-40H,26-29H2. The van der Waals surface area contributed by atoms with Gasteiger partial charge in [-0.2, -0.15) is 0 Å². The summed E-state index contributed by atoms with van der Waals surface area (Å²) in [5.41, 5.74) is 19.3. The van der Waals surface area contributed by atoms with Gasteiger partial charge in [-0.25, -0.2) is 0 Å². The molecule has 2 fully saturated rings. The monoisotopic (exact) mass is 792 g/mol. The largest absolute Gasteiger partial charge is 0.309 e. The van der Waals surface area contributed by atoms with Crippen molar-refractivity contribution in [1.29, 1.82) is 0 Å². The molecule has 5 aliphatic carbocycles. The van der Waals surface area contributed by atoms with E-state index < -0.39 is 0 Å². The van der Waals surface area contributed by atoms with Crippen LogP contribution >= 0.6 is 0 Å². The van der Waals surface area contributed by atoms with Crippen molar-refractivity contribution in [1.82, 2.24) is 19.1 Å². The Bertz CT molecular complexity index is 3730. The molecule has 0 amide bonds. The van der Waals surface area contributed by atoms with Crippen LogP contribution in [0.15, 0.2) is 182 Å². The number of nitrogens with zero attached hydrogens (tertiary/aromatic N) is 4. The molecule has 292 valence electrons. The normalized spacial score (nSPS) is 21.0. The molecule has 0 N–H and O–H groups in total. The lowest BCUT2D eigenvalue weighted by Crippen LogP contribution is -2.52. The third-order valence-corrected chi connectivity index (χ3v) is 15.7. The highest BCUT2D eigenvalue weighted by atomic mass is 15.0. The van der Waals surface area contributed by atoms with Crippen LogP contribution in [-0.2, 0) is 5.41 Å². The third-order valence-electron chi connectivity index (χ3n) is 15.7. The summed E-state index contributed by atoms with van der Waals surface area (Å²) in [7, 11) is 0. The van der Waals surface area contributed by atoms with E-state index in [1.165, 1.54) is 86.2 Å². The average Bonchev–Trinajstić information content (AvgIpc) is 3.93. The maximum absolute atomic E-state index is 4.92. The Kier molecular flexibility index (Phi) is 6.44. The molecule has 0 saturated heterocycles. The van der Waals surface area contributed by atoms with Gasteiger partial charge in [0.25, 0.3) is 0 Å². The van der Waals surface area contributed by atoms with E-state index in [9.17, 15) is 0 Å². The van der Waals surface area contributed by atoms with E-state index in [1.54, 1.807) is 29.1 Å². The van der Waals surface area contributed by atoms with Gasteiger partial charge in [0.2, 0.25) is 0 Å². The van der Waals surface area contributed by atoms with Crippen molar-refractivity contribution < 1.29 is 0 Å². The molecule has 4 bridgehead atoms. The Hall–Kier alpha value is -7.30. The van der Waals surface area contributed by atoms with Crippen molar-refractivity contribution in [2.24, 2.45) is 17.8 Å². The van der Waals surface area contributed by atoms with Crippen LogP contribution in [0.5, 0.6) is 0 Å². The first-order valence-electron chi connectivity index (χ1n) is 22.3. The molecule has 16 rings (SSSR count). The number of benzene rings is 8. The maximum atomic E-state index is 4.92. The van der Waals surface area contributed by atoms with Gasteiger partial charge in [0, 0.05) is 50.4 Å². The van der Waals surface area contributed by atoms with Gasteiger partial charge >= 0.3 is 0 Å². The summed E-state index contributed by atoms with van der Waals surface area (Å²) >= 11 is 0. The maximum Gasteiger partial charge on any atom is 0.113 e. The molecule has 3 heterocycles. The van der Waals surface area contributed by atoms with E-state index >= 15 is 0 Å². The van der Waals surface area contributed by atoms with Gasteiger partial charge in [-0.05, 0) is 137 Å². The molecule has 5 aliphatic rings. The summed E-state index contributed by atoms with van der Waals surface area (Å²) in [6, 6.07) is 59.6. The Balaban J connectivity index is 0.910. The topological polar surface area (TPSA) is 35.6 Å². The number of allylic oxidation sites excluding steroid dienone is 2. The van der Waals surface area contributed by atoms with Crippen LogP contribution in [0.1, 0.15) is 36.8 Å². The zero-order valence-electron chi connectivity index (χ0n) is 34.1. The van der Waals surface area contributed by atoms with Crippen molar-refractivity contribution in [3.8, 4) is 33.6 Å². The lowest BCUT2D eigenvalue weighted by Gasteiger charge is -2.58. The summed E-state index contributed by atoms with van der Waals surface area (Å²) in [6.45, 7) is 0. The molecule has 2 saturated carbocycles. The molecule has 0 aliphatic heterocycles. The molecule has 2 unspecified atom stereocenters. The molecular weight excluding hydrogens is 753 g/mol. The van der Waals surface area contributed by atoms with Crippen LogP contribution < -0.4 is 0 Å². The van der Waals surface area contributed by atoms with Gasteiger partial charge < -0.3 is 9.13 Å². The summed E-state index contributed by atoms with van der Waals surface area (Å²) < 4.78 is 4.95. The van der Waals surface area contributed by atoms with Crippen LogP contribution in [0.25, 0.3) is 99.0 Å². The minimum Gasteiger partial charge on any atom is -0.309 e. The Morgan fingerprint density at radius 1 is 0.484 bits per heavy atom. The summed E-state index contributed by atoms with van der Waals surface area (Å²) in [5.74, 6) is 2.10. The Morgan fingerprint density at radius 2 is 1.10 bits per heavy atom. The van der Waals surface area contributed by atoms with Crippen LogP contribution in [0, 0.1) is 17.8 Å². The van der Waals surface area contributed by atoms with Crippen molar-refractivity contribution in [2.45, 2.75) is 31.1 Å². The number of aromatic nitrogens is 4. The predicted molar refractivity (Wildman–Crippen MR) is 254 cm³/mol. The third kappa shape index (κ3) is 4.22. The minimum absolute atomic E-state index is 0.0952. The highest BCUT2D eigenvalue weighted by Gasteiger charge is 2.59. The van der Waals surface area contributed by atoms with Gasteiger partial charge in [-0.1, -0.05) is 115 Å². The van der Waals surface area contributed by atoms with Gasteiger partial charge in [-0.15, -0.1) is 0 Å². The Morgan fingerprint density at radius 3 is 1.85 bits per heavy atom. The Labute approximate surface area is 358 Å². The number of hydrogen-bond donors (Lipinski definition) is 0. The number of rotatable bonds is 3. The van der Waals surface area contributed by atoms with Crippen LogP contribution in [0.3, 0.4) is 0 Å². The van der Waals surface area contributed by atoms with Crippen molar-refractivity contribution in [3.05, 3.63) is 193 Å². The van der Waals surface area contributed by atoms with E-state index in [0.717, 1.165) is 44.4 Å². The molecule has 0 radical (unpaired) electrons. The van der Waals surface area contributed by atoms with Gasteiger partial charge in [0.05, 0.1) is 33.3 Å². The van der Waals surface area contributed by atoms with E-state index in [2.05, 4.69) is 173 Å². The van der Waals surface area contributed by atoms with Gasteiger partial charge in [0.15, 0.2) is 0 Å². The highest BCUT2D eigenvalue weighted by Crippen LogP contribution is 2.68. The highest BCUT2D eigenvalue weighted by molar-refractivity contribution is 6.15. The molecule has 4 nitrogen and oxygen atoms in total. The lowest BCUT2D eigenvalue weighted by atomic mass is 9.46. The second kappa shape index (κ2) is 12.0. The zero-order valence-corrected chi connectivity index (χ0v) is 34.1. The smallest absolute Gasteiger partial charge is 0.113 e. The second-order valence-electron chi connectivity index (χ2n) is 18.5. The van der Waals surface area contributed by atoms with Crippen LogP contribution in [0.4, 0.5) is 0 Å². The molecule has 1 spiro atoms. The fourth-order valence-electron chi connectivity index (χ4n) is 13.5. The van der Waals surface area contributed by atoms with Crippen molar-refractivity contribution >= 4 is 65.4 Å². The number of fused-ring (bicyclic) bond motifs is 11. The molecule has 3 aromatic heterocycles. The van der Waals surface area contributed by atoms with E-state index in [4.69, 9.17) is 9.97 Å². The average molecular weight is 793 g/mol.